The standard InChI is InChI=1S/C19H20F2N2O5S/c1-27-14-10-13(11-15(12-14)28-2)19(24)22-6-8-23(9-7-22)29(25,26)18-16(20)4-3-5-17(18)21/h3-5,10-12H,6-9H2,1-2H3. The summed E-state index contributed by atoms with van der Waals surface area (Å²) in [6.45, 7) is -0.00672. The van der Waals surface area contributed by atoms with Crippen LogP contribution in [0.4, 0.5) is 8.78 Å². The number of sulfonamides is 1. The molecule has 0 aromatic heterocycles. The van der Waals surface area contributed by atoms with Crippen LogP contribution >= 0.6 is 0 Å². The molecule has 1 aliphatic heterocycles. The molecule has 3 rings (SSSR count). The molecule has 1 aliphatic rings. The van der Waals surface area contributed by atoms with Crippen molar-refractivity contribution in [2.75, 3.05) is 40.4 Å². The number of rotatable bonds is 5. The molecule has 0 radical (unpaired) electrons. The number of hydrogen-bond donors (Lipinski definition) is 0. The first kappa shape index (κ1) is 21.0. The first-order chi connectivity index (χ1) is 13.8. The van der Waals surface area contributed by atoms with Gasteiger partial charge in [-0.15, -0.1) is 0 Å². The summed E-state index contributed by atoms with van der Waals surface area (Å²) in [5.41, 5.74) is 0.331. The number of amides is 1. The van der Waals surface area contributed by atoms with Crippen molar-refractivity contribution >= 4 is 15.9 Å². The van der Waals surface area contributed by atoms with Crippen molar-refractivity contribution in [1.82, 2.24) is 9.21 Å². The topological polar surface area (TPSA) is 76.2 Å². The normalized spacial score (nSPS) is 15.2. The zero-order valence-electron chi connectivity index (χ0n) is 15.9. The largest absolute Gasteiger partial charge is 0.497 e. The van der Waals surface area contributed by atoms with E-state index in [9.17, 15) is 22.0 Å². The van der Waals surface area contributed by atoms with Crippen LogP contribution in [0.5, 0.6) is 11.5 Å². The number of halogens is 2. The van der Waals surface area contributed by atoms with Gasteiger partial charge in [0.15, 0.2) is 4.90 Å². The summed E-state index contributed by atoms with van der Waals surface area (Å²) in [5.74, 6) is -1.72. The maximum atomic E-state index is 13.9. The van der Waals surface area contributed by atoms with Crippen LogP contribution in [0.2, 0.25) is 0 Å². The molecule has 7 nitrogen and oxygen atoms in total. The van der Waals surface area contributed by atoms with Crippen LogP contribution in [0.1, 0.15) is 10.4 Å². The SMILES string of the molecule is COc1cc(OC)cc(C(=O)N2CCN(S(=O)(=O)c3c(F)cccc3F)CC2)c1. The third-order valence-corrected chi connectivity index (χ3v) is 6.59. The van der Waals surface area contributed by atoms with E-state index in [2.05, 4.69) is 0 Å². The van der Waals surface area contributed by atoms with Crippen LogP contribution in [0.25, 0.3) is 0 Å². The highest BCUT2D eigenvalue weighted by atomic mass is 32.2. The molecule has 1 amide bonds. The van der Waals surface area contributed by atoms with E-state index in [0.29, 0.717) is 17.1 Å². The van der Waals surface area contributed by atoms with Crippen LogP contribution in [0.3, 0.4) is 0 Å². The lowest BCUT2D eigenvalue weighted by atomic mass is 10.1. The summed E-state index contributed by atoms with van der Waals surface area (Å²) in [5, 5.41) is 0. The Kier molecular flexibility index (Phi) is 6.04. The van der Waals surface area contributed by atoms with Gasteiger partial charge >= 0.3 is 0 Å². The van der Waals surface area contributed by atoms with Crippen LogP contribution in [-0.2, 0) is 10.0 Å². The first-order valence-corrected chi connectivity index (χ1v) is 10.2. The predicted octanol–water partition coefficient (Wildman–Crippen LogP) is 2.13. The molecule has 0 N–H and O–H groups in total. The minimum atomic E-state index is -4.35. The average Bonchev–Trinajstić information content (AvgIpc) is 2.72. The number of ether oxygens (including phenoxy) is 2. The van der Waals surface area contributed by atoms with Gasteiger partial charge in [-0.1, -0.05) is 6.07 Å². The average molecular weight is 426 g/mol. The number of carbonyl (C=O) groups is 1. The molecule has 29 heavy (non-hydrogen) atoms. The Hall–Kier alpha value is -2.72. The Morgan fingerprint density at radius 2 is 1.45 bits per heavy atom. The van der Waals surface area contributed by atoms with E-state index in [0.717, 1.165) is 22.5 Å². The van der Waals surface area contributed by atoms with Gasteiger partial charge < -0.3 is 14.4 Å². The van der Waals surface area contributed by atoms with Crippen molar-refractivity contribution in [2.24, 2.45) is 0 Å². The Bertz CT molecular complexity index is 979. The first-order valence-electron chi connectivity index (χ1n) is 8.74. The second-order valence-corrected chi connectivity index (χ2v) is 8.22. The van der Waals surface area contributed by atoms with Gasteiger partial charge in [0.2, 0.25) is 10.0 Å². The number of carbonyl (C=O) groups excluding carboxylic acids is 1. The van der Waals surface area contributed by atoms with E-state index in [1.54, 1.807) is 18.2 Å². The van der Waals surface area contributed by atoms with Gasteiger partial charge in [-0.25, -0.2) is 17.2 Å². The van der Waals surface area contributed by atoms with E-state index >= 15 is 0 Å². The van der Waals surface area contributed by atoms with Gasteiger partial charge in [0, 0.05) is 37.8 Å². The summed E-state index contributed by atoms with van der Waals surface area (Å²) < 4.78 is 64.5. The number of piperazine rings is 1. The second-order valence-electron chi connectivity index (χ2n) is 6.35. The molecular formula is C19H20F2N2O5S. The Balaban J connectivity index is 1.76. The molecular weight excluding hydrogens is 406 g/mol. The van der Waals surface area contributed by atoms with E-state index in [1.165, 1.54) is 19.1 Å². The van der Waals surface area contributed by atoms with Crippen LogP contribution in [-0.4, -0.2) is 63.9 Å². The zero-order chi connectivity index (χ0) is 21.2. The van der Waals surface area contributed by atoms with Crippen LogP contribution < -0.4 is 9.47 Å². The summed E-state index contributed by atoms with van der Waals surface area (Å²) >= 11 is 0. The maximum absolute atomic E-state index is 13.9. The molecule has 1 saturated heterocycles. The number of nitrogens with zero attached hydrogens (tertiary/aromatic N) is 2. The molecule has 2 aromatic carbocycles. The zero-order valence-corrected chi connectivity index (χ0v) is 16.7. The monoisotopic (exact) mass is 426 g/mol. The second kappa shape index (κ2) is 8.34. The molecule has 0 atom stereocenters. The molecule has 0 aliphatic carbocycles. The summed E-state index contributed by atoms with van der Waals surface area (Å²) in [6, 6.07) is 7.64. The molecule has 0 bridgehead atoms. The molecule has 0 saturated carbocycles. The summed E-state index contributed by atoms with van der Waals surface area (Å²) in [6.07, 6.45) is 0. The van der Waals surface area contributed by atoms with Crippen molar-refractivity contribution in [3.63, 3.8) is 0 Å². The van der Waals surface area contributed by atoms with E-state index in [-0.39, 0.29) is 32.1 Å². The molecule has 156 valence electrons. The molecule has 1 heterocycles. The van der Waals surface area contributed by atoms with E-state index in [4.69, 9.17) is 9.47 Å². The van der Waals surface area contributed by atoms with Crippen molar-refractivity contribution in [3.8, 4) is 11.5 Å². The summed E-state index contributed by atoms with van der Waals surface area (Å²) in [4.78, 5) is 13.3. The quantitative estimate of drug-likeness (QED) is 0.732. The van der Waals surface area contributed by atoms with E-state index < -0.39 is 26.6 Å². The predicted molar refractivity (Wildman–Crippen MR) is 101 cm³/mol. The lowest BCUT2D eigenvalue weighted by Crippen LogP contribution is -2.50. The highest BCUT2D eigenvalue weighted by Gasteiger charge is 2.34. The fourth-order valence-corrected chi connectivity index (χ4v) is 4.63. The maximum Gasteiger partial charge on any atom is 0.254 e. The Labute approximate surface area is 167 Å². The van der Waals surface area contributed by atoms with Crippen molar-refractivity contribution in [3.05, 3.63) is 53.6 Å². The van der Waals surface area contributed by atoms with Crippen LogP contribution in [0.15, 0.2) is 41.3 Å². The lowest BCUT2D eigenvalue weighted by Gasteiger charge is -2.34. The van der Waals surface area contributed by atoms with Gasteiger partial charge in [-0.3, -0.25) is 4.79 Å². The van der Waals surface area contributed by atoms with Gasteiger partial charge in [0.05, 0.1) is 14.2 Å². The highest BCUT2D eigenvalue weighted by Crippen LogP contribution is 2.26. The highest BCUT2D eigenvalue weighted by molar-refractivity contribution is 7.89. The minimum Gasteiger partial charge on any atom is -0.497 e. The number of methoxy groups -OCH3 is 2. The minimum absolute atomic E-state index is 0.0770. The molecule has 10 heteroatoms. The number of hydrogen-bond acceptors (Lipinski definition) is 5. The third-order valence-electron chi connectivity index (χ3n) is 4.64. The van der Waals surface area contributed by atoms with Crippen molar-refractivity contribution in [1.29, 1.82) is 0 Å². The van der Waals surface area contributed by atoms with Gasteiger partial charge in [-0.05, 0) is 24.3 Å². The van der Waals surface area contributed by atoms with Crippen molar-refractivity contribution < 1.29 is 31.5 Å². The fourth-order valence-electron chi connectivity index (χ4n) is 3.10. The Morgan fingerprint density at radius 1 is 0.931 bits per heavy atom. The number of benzene rings is 2. The molecule has 0 unspecified atom stereocenters. The smallest absolute Gasteiger partial charge is 0.254 e. The molecule has 2 aromatic rings. The lowest BCUT2D eigenvalue weighted by molar-refractivity contribution is 0.0697. The fraction of sp³-hybridized carbons (Fsp3) is 0.316. The van der Waals surface area contributed by atoms with Gasteiger partial charge in [0.1, 0.15) is 23.1 Å². The van der Waals surface area contributed by atoms with Gasteiger partial charge in [-0.2, -0.15) is 4.31 Å². The van der Waals surface area contributed by atoms with Crippen molar-refractivity contribution in [2.45, 2.75) is 4.90 Å². The Morgan fingerprint density at radius 3 is 1.93 bits per heavy atom. The van der Waals surface area contributed by atoms with E-state index in [1.807, 2.05) is 0 Å². The van der Waals surface area contributed by atoms with Gasteiger partial charge in [0.25, 0.3) is 5.91 Å². The molecule has 1 fully saturated rings. The molecule has 0 spiro atoms. The summed E-state index contributed by atoms with van der Waals surface area (Å²) in [7, 11) is -1.42. The third kappa shape index (κ3) is 4.18. The van der Waals surface area contributed by atoms with Crippen LogP contribution in [0, 0.1) is 11.6 Å².